The highest BCUT2D eigenvalue weighted by Gasteiger charge is 2.17. The third-order valence-electron chi connectivity index (χ3n) is 3.67. The van der Waals surface area contributed by atoms with Crippen molar-refractivity contribution in [2.45, 2.75) is 6.92 Å². The number of hydrogen-bond acceptors (Lipinski definition) is 6. The summed E-state index contributed by atoms with van der Waals surface area (Å²) in [4.78, 5) is 12.3. The van der Waals surface area contributed by atoms with E-state index in [-0.39, 0.29) is 17.8 Å². The van der Waals surface area contributed by atoms with Crippen molar-refractivity contribution in [2.75, 3.05) is 19.5 Å². The molecule has 0 aliphatic heterocycles. The van der Waals surface area contributed by atoms with E-state index >= 15 is 0 Å². The number of aromatic nitrogens is 2. The Balaban J connectivity index is 1.84. The molecule has 7 nitrogen and oxygen atoms in total. The van der Waals surface area contributed by atoms with Gasteiger partial charge in [0, 0.05) is 11.6 Å². The van der Waals surface area contributed by atoms with Crippen molar-refractivity contribution in [3.8, 4) is 23.0 Å². The van der Waals surface area contributed by atoms with E-state index in [1.807, 2.05) is 19.1 Å². The Kier molecular flexibility index (Phi) is 4.65. The topological polar surface area (TPSA) is 86.5 Å². The van der Waals surface area contributed by atoms with Crippen molar-refractivity contribution in [1.82, 2.24) is 10.2 Å². The summed E-state index contributed by atoms with van der Waals surface area (Å²) >= 11 is 0. The first-order valence-corrected chi connectivity index (χ1v) is 7.55. The molecule has 0 radical (unpaired) electrons. The summed E-state index contributed by atoms with van der Waals surface area (Å²) in [6.07, 6.45) is 0. The van der Waals surface area contributed by atoms with Crippen LogP contribution in [0.4, 0.5) is 6.01 Å². The molecule has 3 rings (SSSR count). The first-order valence-electron chi connectivity index (χ1n) is 7.55. The summed E-state index contributed by atoms with van der Waals surface area (Å²) in [6.45, 7) is 1.86. The Bertz CT molecular complexity index is 905. The molecule has 2 aromatic carbocycles. The molecular formula is C18H17N3O4. The van der Waals surface area contributed by atoms with E-state index < -0.39 is 0 Å². The minimum Gasteiger partial charge on any atom is -0.497 e. The molecule has 0 atom stereocenters. The highest BCUT2D eigenvalue weighted by molar-refractivity contribution is 6.04. The normalized spacial score (nSPS) is 10.4. The van der Waals surface area contributed by atoms with Gasteiger partial charge in [-0.25, -0.2) is 0 Å². The molecule has 0 aliphatic carbocycles. The quantitative estimate of drug-likeness (QED) is 0.767. The maximum absolute atomic E-state index is 12.3. The predicted octanol–water partition coefficient (Wildman–Crippen LogP) is 3.31. The lowest BCUT2D eigenvalue weighted by molar-refractivity contribution is 0.102. The third kappa shape index (κ3) is 3.45. The zero-order valence-corrected chi connectivity index (χ0v) is 14.1. The minimum atomic E-state index is -0.310. The van der Waals surface area contributed by atoms with Gasteiger partial charge in [0.25, 0.3) is 11.8 Å². The van der Waals surface area contributed by atoms with E-state index in [4.69, 9.17) is 13.9 Å². The molecule has 25 heavy (non-hydrogen) atoms. The number of hydrogen-bond donors (Lipinski definition) is 1. The Morgan fingerprint density at radius 1 is 1.08 bits per heavy atom. The third-order valence-corrected chi connectivity index (χ3v) is 3.67. The van der Waals surface area contributed by atoms with Crippen molar-refractivity contribution in [2.24, 2.45) is 0 Å². The fourth-order valence-corrected chi connectivity index (χ4v) is 2.35. The molecule has 0 unspecified atom stereocenters. The predicted molar refractivity (Wildman–Crippen MR) is 92.0 cm³/mol. The highest BCUT2D eigenvalue weighted by Crippen LogP contribution is 2.33. The molecule has 0 fully saturated rings. The smallest absolute Gasteiger partial charge is 0.322 e. The van der Waals surface area contributed by atoms with Gasteiger partial charge in [0.2, 0.25) is 0 Å². The maximum atomic E-state index is 12.3. The largest absolute Gasteiger partial charge is 0.497 e. The van der Waals surface area contributed by atoms with Crippen LogP contribution in [0.2, 0.25) is 0 Å². The van der Waals surface area contributed by atoms with Crippen LogP contribution in [0.25, 0.3) is 11.5 Å². The van der Waals surface area contributed by atoms with Gasteiger partial charge in [-0.15, -0.1) is 5.10 Å². The van der Waals surface area contributed by atoms with Crippen molar-refractivity contribution in [3.05, 3.63) is 53.6 Å². The molecule has 1 amide bonds. The molecule has 0 saturated carbocycles. The van der Waals surface area contributed by atoms with Crippen molar-refractivity contribution in [1.29, 1.82) is 0 Å². The molecule has 1 aromatic heterocycles. The van der Waals surface area contributed by atoms with Crippen molar-refractivity contribution in [3.63, 3.8) is 0 Å². The zero-order chi connectivity index (χ0) is 17.8. The number of carbonyl (C=O) groups is 1. The second kappa shape index (κ2) is 7.04. The number of nitrogens with one attached hydrogen (secondary N) is 1. The molecule has 0 aliphatic rings. The van der Waals surface area contributed by atoms with Crippen LogP contribution in [-0.4, -0.2) is 30.3 Å². The molecule has 7 heteroatoms. The fourth-order valence-electron chi connectivity index (χ4n) is 2.35. The zero-order valence-electron chi connectivity index (χ0n) is 14.1. The van der Waals surface area contributed by atoms with Gasteiger partial charge in [0.05, 0.1) is 19.8 Å². The molecular weight excluding hydrogens is 322 g/mol. The number of rotatable bonds is 5. The number of anilines is 1. The molecule has 1 N–H and O–H groups in total. The van der Waals surface area contributed by atoms with Crippen molar-refractivity contribution < 1.29 is 18.7 Å². The summed E-state index contributed by atoms with van der Waals surface area (Å²) in [5.41, 5.74) is 2.01. The number of benzene rings is 2. The second-order valence-corrected chi connectivity index (χ2v) is 5.25. The van der Waals surface area contributed by atoms with E-state index in [0.717, 1.165) is 5.56 Å². The van der Waals surface area contributed by atoms with Gasteiger partial charge in [-0.2, -0.15) is 0 Å². The average molecular weight is 339 g/mol. The van der Waals surface area contributed by atoms with Gasteiger partial charge in [-0.1, -0.05) is 23.3 Å². The number of aryl methyl sites for hydroxylation is 1. The van der Waals surface area contributed by atoms with Crippen LogP contribution >= 0.6 is 0 Å². The molecule has 1 heterocycles. The lowest BCUT2D eigenvalue weighted by atomic mass is 10.1. The lowest BCUT2D eigenvalue weighted by Gasteiger charge is -2.07. The fraction of sp³-hybridized carbons (Fsp3) is 0.167. The summed E-state index contributed by atoms with van der Waals surface area (Å²) in [5.74, 6) is 1.10. The molecule has 0 spiro atoms. The standard InChI is InChI=1S/C18H17N3O4/c1-11-6-4-5-7-13(11)16(22)19-18-21-20-17(25-18)14-9-8-12(23-2)10-15(14)24-3/h4-10H,1-3H3,(H,19,21,22). The van der Waals surface area contributed by atoms with Crippen LogP contribution in [0.3, 0.4) is 0 Å². The first kappa shape index (κ1) is 16.5. The van der Waals surface area contributed by atoms with Crippen LogP contribution in [0, 0.1) is 6.92 Å². The van der Waals surface area contributed by atoms with Crippen LogP contribution in [-0.2, 0) is 0 Å². The van der Waals surface area contributed by atoms with Crippen LogP contribution in [0.5, 0.6) is 11.5 Å². The summed E-state index contributed by atoms with van der Waals surface area (Å²) < 4.78 is 16.0. The first-order chi connectivity index (χ1) is 12.1. The SMILES string of the molecule is COc1ccc(-c2nnc(NC(=O)c3ccccc3C)o2)c(OC)c1. The van der Waals surface area contributed by atoms with Gasteiger partial charge in [0.1, 0.15) is 11.5 Å². The average Bonchev–Trinajstić information content (AvgIpc) is 3.09. The number of carbonyl (C=O) groups excluding carboxylic acids is 1. The van der Waals surface area contributed by atoms with E-state index in [2.05, 4.69) is 15.5 Å². The number of methoxy groups -OCH3 is 2. The van der Waals surface area contributed by atoms with E-state index in [9.17, 15) is 4.79 Å². The lowest BCUT2D eigenvalue weighted by Crippen LogP contribution is -2.13. The van der Waals surface area contributed by atoms with E-state index in [0.29, 0.717) is 22.6 Å². The summed E-state index contributed by atoms with van der Waals surface area (Å²) in [6, 6.07) is 12.5. The molecule has 0 saturated heterocycles. The van der Waals surface area contributed by atoms with Gasteiger partial charge < -0.3 is 13.9 Å². The molecule has 3 aromatic rings. The van der Waals surface area contributed by atoms with E-state index in [1.165, 1.54) is 7.11 Å². The summed E-state index contributed by atoms with van der Waals surface area (Å²) in [7, 11) is 3.11. The molecule has 128 valence electrons. The van der Waals surface area contributed by atoms with E-state index in [1.54, 1.807) is 37.4 Å². The highest BCUT2D eigenvalue weighted by atomic mass is 16.5. The number of nitrogens with zero attached hydrogens (tertiary/aromatic N) is 2. The summed E-state index contributed by atoms with van der Waals surface area (Å²) in [5, 5.41) is 10.4. The van der Waals surface area contributed by atoms with Crippen LogP contribution in [0.15, 0.2) is 46.9 Å². The minimum absolute atomic E-state index is 0.0149. The van der Waals surface area contributed by atoms with Crippen LogP contribution < -0.4 is 14.8 Å². The maximum Gasteiger partial charge on any atom is 0.322 e. The Morgan fingerprint density at radius 3 is 2.60 bits per heavy atom. The van der Waals surface area contributed by atoms with Gasteiger partial charge in [-0.05, 0) is 30.7 Å². The van der Waals surface area contributed by atoms with Crippen LogP contribution in [0.1, 0.15) is 15.9 Å². The van der Waals surface area contributed by atoms with Crippen molar-refractivity contribution >= 4 is 11.9 Å². The van der Waals surface area contributed by atoms with Gasteiger partial charge in [0.15, 0.2) is 0 Å². The second-order valence-electron chi connectivity index (χ2n) is 5.25. The van der Waals surface area contributed by atoms with Gasteiger partial charge in [-0.3, -0.25) is 10.1 Å². The molecule has 0 bridgehead atoms. The number of ether oxygens (including phenoxy) is 2. The Labute approximate surface area is 144 Å². The Morgan fingerprint density at radius 2 is 1.88 bits per heavy atom. The Hall–Kier alpha value is -3.35. The number of amides is 1. The van der Waals surface area contributed by atoms with Gasteiger partial charge >= 0.3 is 6.01 Å². The monoisotopic (exact) mass is 339 g/mol.